The van der Waals surface area contributed by atoms with Crippen molar-refractivity contribution < 1.29 is 4.42 Å². The monoisotopic (exact) mass is 343 g/mol. The highest BCUT2D eigenvalue weighted by Crippen LogP contribution is 2.27. The van der Waals surface area contributed by atoms with E-state index < -0.39 is 0 Å². The van der Waals surface area contributed by atoms with Crippen molar-refractivity contribution in [1.82, 2.24) is 5.32 Å². The maximum absolute atomic E-state index is 5.88. The molecule has 2 aromatic rings. The predicted molar refractivity (Wildman–Crippen MR) is 80.3 cm³/mol. The number of rotatable bonds is 2. The number of nitrogens with one attached hydrogen (secondary N) is 1. The normalized spacial score (nSPS) is 12.3. The summed E-state index contributed by atoms with van der Waals surface area (Å²) in [5.41, 5.74) is 2.34. The third-order valence-electron chi connectivity index (χ3n) is 2.78. The number of furan rings is 1. The van der Waals surface area contributed by atoms with E-state index in [0.717, 1.165) is 17.9 Å². The SMILES string of the molecule is Cc1c(CNC(C)(C)C)oc2ccc(I)cc12. The number of aryl methyl sites for hydroxylation is 1. The van der Waals surface area contributed by atoms with Crippen LogP contribution in [0.25, 0.3) is 11.0 Å². The molecule has 3 heteroatoms. The maximum atomic E-state index is 5.88. The number of hydrogen-bond acceptors (Lipinski definition) is 2. The van der Waals surface area contributed by atoms with Crippen LogP contribution >= 0.6 is 22.6 Å². The van der Waals surface area contributed by atoms with Crippen molar-refractivity contribution in [1.29, 1.82) is 0 Å². The van der Waals surface area contributed by atoms with E-state index in [4.69, 9.17) is 4.42 Å². The molecule has 0 saturated carbocycles. The highest BCUT2D eigenvalue weighted by Gasteiger charge is 2.14. The summed E-state index contributed by atoms with van der Waals surface area (Å²) >= 11 is 2.33. The molecule has 0 fully saturated rings. The number of benzene rings is 1. The second-order valence-electron chi connectivity index (χ2n) is 5.39. The Kier molecular flexibility index (Phi) is 3.50. The molecule has 1 N–H and O–H groups in total. The Balaban J connectivity index is 2.33. The van der Waals surface area contributed by atoms with Crippen LogP contribution in [-0.4, -0.2) is 5.54 Å². The Labute approximate surface area is 116 Å². The van der Waals surface area contributed by atoms with Crippen molar-refractivity contribution in [2.24, 2.45) is 0 Å². The first-order valence-corrected chi connectivity index (χ1v) is 6.87. The van der Waals surface area contributed by atoms with Gasteiger partial charge in [0.2, 0.25) is 0 Å². The molecule has 0 amide bonds. The highest BCUT2D eigenvalue weighted by atomic mass is 127. The third kappa shape index (κ3) is 3.01. The largest absolute Gasteiger partial charge is 0.459 e. The van der Waals surface area contributed by atoms with Crippen LogP contribution in [0.2, 0.25) is 0 Å². The summed E-state index contributed by atoms with van der Waals surface area (Å²) in [5, 5.41) is 4.68. The van der Waals surface area contributed by atoms with Crippen molar-refractivity contribution in [2.75, 3.05) is 0 Å². The van der Waals surface area contributed by atoms with E-state index in [2.05, 4.69) is 67.7 Å². The van der Waals surface area contributed by atoms with Gasteiger partial charge >= 0.3 is 0 Å². The molecule has 2 nitrogen and oxygen atoms in total. The van der Waals surface area contributed by atoms with Crippen LogP contribution in [0, 0.1) is 10.5 Å². The second-order valence-corrected chi connectivity index (χ2v) is 6.64. The number of halogens is 1. The standard InChI is InChI=1S/C14H18INO/c1-9-11-7-10(15)5-6-12(11)17-13(9)8-16-14(2,3)4/h5-7,16H,8H2,1-4H3. The molecule has 0 bridgehead atoms. The second kappa shape index (κ2) is 4.61. The minimum atomic E-state index is 0.111. The van der Waals surface area contributed by atoms with Gasteiger partial charge in [-0.15, -0.1) is 0 Å². The Morgan fingerprint density at radius 3 is 2.65 bits per heavy atom. The fourth-order valence-corrected chi connectivity index (χ4v) is 2.25. The zero-order chi connectivity index (χ0) is 12.6. The summed E-state index contributed by atoms with van der Waals surface area (Å²) in [7, 11) is 0. The van der Waals surface area contributed by atoms with Crippen molar-refractivity contribution in [2.45, 2.75) is 39.8 Å². The first kappa shape index (κ1) is 12.9. The first-order valence-electron chi connectivity index (χ1n) is 5.79. The summed E-state index contributed by atoms with van der Waals surface area (Å²) in [4.78, 5) is 0. The molecular formula is C14H18INO. The molecule has 17 heavy (non-hydrogen) atoms. The fourth-order valence-electron chi connectivity index (χ4n) is 1.76. The van der Waals surface area contributed by atoms with E-state index in [1.54, 1.807) is 0 Å². The van der Waals surface area contributed by atoms with Crippen LogP contribution in [0.4, 0.5) is 0 Å². The first-order chi connectivity index (χ1) is 7.87. The minimum absolute atomic E-state index is 0.111. The third-order valence-corrected chi connectivity index (χ3v) is 3.45. The molecule has 1 heterocycles. The van der Waals surface area contributed by atoms with Crippen molar-refractivity contribution in [3.05, 3.63) is 33.1 Å². The Morgan fingerprint density at radius 1 is 1.29 bits per heavy atom. The van der Waals surface area contributed by atoms with E-state index in [0.29, 0.717) is 0 Å². The molecule has 92 valence electrons. The minimum Gasteiger partial charge on any atom is -0.459 e. The smallest absolute Gasteiger partial charge is 0.134 e. The summed E-state index contributed by atoms with van der Waals surface area (Å²) in [6, 6.07) is 6.30. The molecule has 0 unspecified atom stereocenters. The van der Waals surface area contributed by atoms with Crippen molar-refractivity contribution >= 4 is 33.6 Å². The van der Waals surface area contributed by atoms with E-state index in [-0.39, 0.29) is 5.54 Å². The van der Waals surface area contributed by atoms with Crippen LogP contribution in [0.1, 0.15) is 32.1 Å². The number of hydrogen-bond donors (Lipinski definition) is 1. The quantitative estimate of drug-likeness (QED) is 0.826. The lowest BCUT2D eigenvalue weighted by molar-refractivity contribution is 0.394. The van der Waals surface area contributed by atoms with Gasteiger partial charge in [0.05, 0.1) is 6.54 Å². The van der Waals surface area contributed by atoms with Gasteiger partial charge in [-0.25, -0.2) is 0 Å². The fraction of sp³-hybridized carbons (Fsp3) is 0.429. The van der Waals surface area contributed by atoms with Crippen molar-refractivity contribution in [3.8, 4) is 0 Å². The van der Waals surface area contributed by atoms with Crippen LogP contribution in [-0.2, 0) is 6.54 Å². The zero-order valence-corrected chi connectivity index (χ0v) is 12.9. The molecule has 0 atom stereocenters. The van der Waals surface area contributed by atoms with Gasteiger partial charge in [-0.1, -0.05) is 0 Å². The summed E-state index contributed by atoms with van der Waals surface area (Å²) in [6.45, 7) is 9.39. The van der Waals surface area contributed by atoms with Gasteiger partial charge < -0.3 is 9.73 Å². The van der Waals surface area contributed by atoms with Crippen molar-refractivity contribution in [3.63, 3.8) is 0 Å². The van der Waals surface area contributed by atoms with E-state index >= 15 is 0 Å². The van der Waals surface area contributed by atoms with Crippen LogP contribution < -0.4 is 5.32 Å². The molecule has 2 rings (SSSR count). The molecule has 0 saturated heterocycles. The van der Waals surface area contributed by atoms with Gasteiger partial charge in [0, 0.05) is 14.5 Å². The lowest BCUT2D eigenvalue weighted by atomic mass is 10.1. The molecule has 0 spiro atoms. The highest BCUT2D eigenvalue weighted by molar-refractivity contribution is 14.1. The molecular weight excluding hydrogens is 325 g/mol. The zero-order valence-electron chi connectivity index (χ0n) is 10.7. The molecule has 0 aliphatic heterocycles. The predicted octanol–water partition coefficient (Wildman–Crippen LogP) is 4.23. The lowest BCUT2D eigenvalue weighted by Gasteiger charge is -2.19. The summed E-state index contributed by atoms with van der Waals surface area (Å²) in [6.07, 6.45) is 0. The van der Waals surface area contributed by atoms with E-state index in [9.17, 15) is 0 Å². The molecule has 0 aliphatic carbocycles. The summed E-state index contributed by atoms with van der Waals surface area (Å²) in [5.74, 6) is 1.04. The van der Waals surface area contributed by atoms with Crippen LogP contribution in [0.15, 0.2) is 22.6 Å². The van der Waals surface area contributed by atoms with Gasteiger partial charge in [0.15, 0.2) is 0 Å². The van der Waals surface area contributed by atoms with Gasteiger partial charge in [-0.3, -0.25) is 0 Å². The lowest BCUT2D eigenvalue weighted by Crippen LogP contribution is -2.35. The van der Waals surface area contributed by atoms with E-state index in [1.165, 1.54) is 14.5 Å². The number of fused-ring (bicyclic) bond motifs is 1. The molecule has 0 aliphatic rings. The van der Waals surface area contributed by atoms with Crippen LogP contribution in [0.5, 0.6) is 0 Å². The van der Waals surface area contributed by atoms with Crippen LogP contribution in [0.3, 0.4) is 0 Å². The Hall–Kier alpha value is -0.550. The van der Waals surface area contributed by atoms with Gasteiger partial charge in [0.1, 0.15) is 11.3 Å². The Morgan fingerprint density at radius 2 is 2.00 bits per heavy atom. The van der Waals surface area contributed by atoms with Gasteiger partial charge in [-0.05, 0) is 74.0 Å². The molecule has 1 aromatic carbocycles. The van der Waals surface area contributed by atoms with Gasteiger partial charge in [0.25, 0.3) is 0 Å². The average Bonchev–Trinajstić information content (AvgIpc) is 2.52. The molecule has 0 radical (unpaired) electrons. The average molecular weight is 343 g/mol. The van der Waals surface area contributed by atoms with Gasteiger partial charge in [-0.2, -0.15) is 0 Å². The topological polar surface area (TPSA) is 25.2 Å². The Bertz CT molecular complexity index is 537. The maximum Gasteiger partial charge on any atom is 0.134 e. The molecule has 1 aromatic heterocycles. The summed E-state index contributed by atoms with van der Waals surface area (Å²) < 4.78 is 7.13. The van der Waals surface area contributed by atoms with E-state index in [1.807, 2.05) is 6.07 Å².